The van der Waals surface area contributed by atoms with Crippen LogP contribution < -0.4 is 9.80 Å². The Kier molecular flexibility index (Phi) is 13.8. The summed E-state index contributed by atoms with van der Waals surface area (Å²) in [6.07, 6.45) is 0. The number of nitrogens with zero attached hydrogens (tertiary/aromatic N) is 4. The normalized spacial score (nSPS) is 11.7. The lowest BCUT2D eigenvalue weighted by atomic mass is 10.0. The molecule has 16 aromatic carbocycles. The number of fused-ring (bicyclic) bond motifs is 12. The highest BCUT2D eigenvalue weighted by Gasteiger charge is 2.21. The zero-order valence-corrected chi connectivity index (χ0v) is 55.4. The molecule has 6 heteroatoms. The first-order chi connectivity index (χ1) is 50.5. The first-order valence-electron chi connectivity index (χ1n) is 34.8. The van der Waals surface area contributed by atoms with Gasteiger partial charge in [0.05, 0.1) is 22.1 Å². The minimum Gasteiger partial charge on any atom is -0.456 e. The molecule has 0 saturated heterocycles. The molecule has 0 spiro atoms. The summed E-state index contributed by atoms with van der Waals surface area (Å²) in [6.45, 7) is 0. The lowest BCUT2D eigenvalue weighted by molar-refractivity contribution is 0.669. The molecule has 6 nitrogen and oxygen atoms in total. The minimum absolute atomic E-state index is 0.880. The monoisotopic (exact) mass is 1300 g/mol. The smallest absolute Gasteiger partial charge is 0.143 e. The van der Waals surface area contributed by atoms with Crippen LogP contribution in [-0.4, -0.2) is 9.13 Å². The Hall–Kier alpha value is -13.7. The van der Waals surface area contributed by atoms with E-state index in [1.54, 1.807) is 0 Å². The predicted molar refractivity (Wildman–Crippen MR) is 426 cm³/mol. The zero-order chi connectivity index (χ0) is 67.2. The van der Waals surface area contributed by atoms with Crippen LogP contribution in [0.3, 0.4) is 0 Å². The van der Waals surface area contributed by atoms with Crippen LogP contribution in [0.25, 0.3) is 154 Å². The Labute approximate surface area is 588 Å². The Morgan fingerprint density at radius 2 is 0.500 bits per heavy atom. The Bertz CT molecular complexity index is 6370. The summed E-state index contributed by atoms with van der Waals surface area (Å²) in [5.74, 6) is 0. The molecule has 4 heterocycles. The van der Waals surface area contributed by atoms with E-state index in [0.717, 1.165) is 134 Å². The molecule has 0 aliphatic carbocycles. The second kappa shape index (κ2) is 24.1. The van der Waals surface area contributed by atoms with Gasteiger partial charge in [0.2, 0.25) is 0 Å². The largest absolute Gasteiger partial charge is 0.456 e. The van der Waals surface area contributed by atoms with Crippen molar-refractivity contribution in [1.29, 1.82) is 0 Å². The number of anilines is 6. The van der Waals surface area contributed by atoms with Crippen LogP contribution in [0.4, 0.5) is 34.1 Å². The summed E-state index contributed by atoms with van der Waals surface area (Å²) in [6, 6.07) is 136. The molecule has 20 aromatic rings. The van der Waals surface area contributed by atoms with Gasteiger partial charge >= 0.3 is 0 Å². The molecule has 0 radical (unpaired) electrons. The van der Waals surface area contributed by atoms with Crippen molar-refractivity contribution < 1.29 is 8.83 Å². The van der Waals surface area contributed by atoms with E-state index < -0.39 is 0 Å². The maximum Gasteiger partial charge on any atom is 0.143 e. The van der Waals surface area contributed by atoms with E-state index in [-0.39, 0.29) is 0 Å². The molecular formula is C96H62N4O2. The number of benzene rings is 16. The Morgan fingerprint density at radius 1 is 0.186 bits per heavy atom. The van der Waals surface area contributed by atoms with Crippen molar-refractivity contribution in [3.05, 3.63) is 376 Å². The van der Waals surface area contributed by atoms with E-state index in [1.165, 1.54) is 54.7 Å². The highest BCUT2D eigenvalue weighted by Crippen LogP contribution is 2.45. The molecule has 0 aliphatic rings. The van der Waals surface area contributed by atoms with Gasteiger partial charge in [0, 0.05) is 94.2 Å². The number of para-hydroxylation sites is 7. The van der Waals surface area contributed by atoms with Gasteiger partial charge in [0.15, 0.2) is 0 Å². The lowest BCUT2D eigenvalue weighted by Gasteiger charge is -2.27. The second-order valence-corrected chi connectivity index (χ2v) is 26.4. The third-order valence-electron chi connectivity index (χ3n) is 20.6. The van der Waals surface area contributed by atoms with E-state index in [0.29, 0.717) is 0 Å². The molecule has 0 N–H and O–H groups in total. The third-order valence-corrected chi connectivity index (χ3v) is 20.6. The molecule has 478 valence electrons. The number of furan rings is 2. The number of aromatic nitrogens is 2. The summed E-state index contributed by atoms with van der Waals surface area (Å²) in [5, 5.41) is 9.40. The molecule has 20 rings (SSSR count). The van der Waals surface area contributed by atoms with Gasteiger partial charge in [-0.15, -0.1) is 0 Å². The first kappa shape index (κ1) is 58.5. The first-order valence-corrected chi connectivity index (χ1v) is 34.8. The minimum atomic E-state index is 0.880. The summed E-state index contributed by atoms with van der Waals surface area (Å²) in [4.78, 5) is 4.71. The molecule has 0 fully saturated rings. The fraction of sp³-hybridized carbons (Fsp3) is 0. The highest BCUT2D eigenvalue weighted by molar-refractivity contribution is 6.13. The van der Waals surface area contributed by atoms with Gasteiger partial charge in [-0.3, -0.25) is 0 Å². The van der Waals surface area contributed by atoms with Crippen molar-refractivity contribution in [1.82, 2.24) is 9.13 Å². The fourth-order valence-electron chi connectivity index (χ4n) is 15.6. The third kappa shape index (κ3) is 9.95. The average molecular weight is 1300 g/mol. The van der Waals surface area contributed by atoms with E-state index in [2.05, 4.69) is 371 Å². The van der Waals surface area contributed by atoms with Crippen LogP contribution in [-0.2, 0) is 0 Å². The van der Waals surface area contributed by atoms with Crippen LogP contribution in [0, 0.1) is 0 Å². The van der Waals surface area contributed by atoms with Crippen LogP contribution in [0.1, 0.15) is 0 Å². The molecule has 0 saturated carbocycles. The second-order valence-electron chi connectivity index (χ2n) is 26.4. The van der Waals surface area contributed by atoms with Gasteiger partial charge in [0.25, 0.3) is 0 Å². The number of hydrogen-bond acceptors (Lipinski definition) is 4. The quantitative estimate of drug-likeness (QED) is 0.115. The van der Waals surface area contributed by atoms with Crippen molar-refractivity contribution in [3.8, 4) is 67.0 Å². The summed E-state index contributed by atoms with van der Waals surface area (Å²) >= 11 is 0. The fourth-order valence-corrected chi connectivity index (χ4v) is 15.6. The van der Waals surface area contributed by atoms with E-state index in [4.69, 9.17) is 8.83 Å². The van der Waals surface area contributed by atoms with E-state index in [1.807, 2.05) is 24.3 Å². The average Bonchev–Trinajstić information content (AvgIpc) is 1.59. The molecule has 0 amide bonds. The molecule has 0 aliphatic heterocycles. The van der Waals surface area contributed by atoms with Crippen LogP contribution >= 0.6 is 0 Å². The van der Waals surface area contributed by atoms with E-state index in [9.17, 15) is 0 Å². The van der Waals surface area contributed by atoms with Gasteiger partial charge in [0.1, 0.15) is 22.3 Å². The highest BCUT2D eigenvalue weighted by atomic mass is 16.3. The lowest BCUT2D eigenvalue weighted by Crippen LogP contribution is -2.10. The molecule has 0 bridgehead atoms. The van der Waals surface area contributed by atoms with Gasteiger partial charge in [-0.05, 0) is 208 Å². The molecule has 0 atom stereocenters. The molecular weight excluding hydrogens is 1240 g/mol. The van der Waals surface area contributed by atoms with Gasteiger partial charge < -0.3 is 27.8 Å². The Morgan fingerprint density at radius 3 is 0.951 bits per heavy atom. The van der Waals surface area contributed by atoms with Gasteiger partial charge in [-0.2, -0.15) is 0 Å². The van der Waals surface area contributed by atoms with Crippen molar-refractivity contribution >= 4 is 122 Å². The van der Waals surface area contributed by atoms with E-state index >= 15 is 0 Å². The number of hydrogen-bond donors (Lipinski definition) is 0. The molecule has 0 unspecified atom stereocenters. The zero-order valence-electron chi connectivity index (χ0n) is 55.4. The number of rotatable bonds is 13. The maximum atomic E-state index is 6.52. The van der Waals surface area contributed by atoms with Crippen LogP contribution in [0.2, 0.25) is 0 Å². The van der Waals surface area contributed by atoms with Crippen molar-refractivity contribution in [2.75, 3.05) is 9.80 Å². The maximum absolute atomic E-state index is 6.52. The molecule has 102 heavy (non-hydrogen) atoms. The van der Waals surface area contributed by atoms with Crippen molar-refractivity contribution in [2.45, 2.75) is 0 Å². The SMILES string of the molecule is c1ccc(-n2c3ccccc3c3cc(-c4ccc(N(c5ccc(-c6ccc(N(c7ccc(-c8ccc9c(c8)oc8ccccc89)cc7)c7ccc(-c8cccc9c8oc8ccccc89)cc7)cc6)cc5)c5ccc(-c6ccc7c(c6)c6ccccc6n7-c6ccccc6)cc5)cc4)ccc32)cc1. The van der Waals surface area contributed by atoms with Gasteiger partial charge in [-0.1, -0.05) is 218 Å². The van der Waals surface area contributed by atoms with Gasteiger partial charge in [-0.25, -0.2) is 0 Å². The summed E-state index contributed by atoms with van der Waals surface area (Å²) in [5.41, 5.74) is 28.1. The summed E-state index contributed by atoms with van der Waals surface area (Å²) < 4.78 is 17.6. The van der Waals surface area contributed by atoms with Crippen LogP contribution in [0.15, 0.2) is 385 Å². The summed E-state index contributed by atoms with van der Waals surface area (Å²) in [7, 11) is 0. The predicted octanol–water partition coefficient (Wildman–Crippen LogP) is 27.0. The standard InChI is InChI=1S/C96H62N4O2/c1-3-16-72(17-4-1)99-89-26-11-7-20-81(89)87-60-69(43-58-91(87)99)65-34-49-76(50-35-65)97(77-51-36-66(37-52-77)70-44-59-92-88(61-70)82-21-8-12-27-90(82)100(92)73-18-5-2-6-19-73)74-45-30-63(31-46-74)64-32-47-75(48-33-64)98(78-53-38-67(39-54-78)71-42-57-85-83-22-9-13-28-93(83)101-95(85)62-71)79-55-40-68(41-56-79)80-24-15-25-86-84-23-10-14-29-94(84)102-96(80)86/h1-62H. The van der Waals surface area contributed by atoms with Crippen molar-refractivity contribution in [2.24, 2.45) is 0 Å². The topological polar surface area (TPSA) is 42.6 Å². The van der Waals surface area contributed by atoms with Crippen molar-refractivity contribution in [3.63, 3.8) is 0 Å². The molecule has 4 aromatic heterocycles. The van der Waals surface area contributed by atoms with Crippen LogP contribution in [0.5, 0.6) is 0 Å². The Balaban J connectivity index is 0.644.